The van der Waals surface area contributed by atoms with Crippen molar-refractivity contribution in [2.45, 2.75) is 92.3 Å². The lowest BCUT2D eigenvalue weighted by molar-refractivity contribution is -0.125. The van der Waals surface area contributed by atoms with Gasteiger partial charge in [0.15, 0.2) is 11.6 Å². The van der Waals surface area contributed by atoms with Crippen LogP contribution < -0.4 is 10.6 Å². The van der Waals surface area contributed by atoms with Gasteiger partial charge in [0.05, 0.1) is 42.0 Å². The number of hydrogen-bond donors (Lipinski definition) is 7. The Morgan fingerprint density at radius 1 is 0.761 bits per heavy atom. The number of nitrogens with zero attached hydrogens (tertiary/aromatic N) is 1. The van der Waals surface area contributed by atoms with Crippen LogP contribution in [-0.4, -0.2) is 77.6 Å². The minimum absolute atomic E-state index is 0.0796. The Morgan fingerprint density at radius 3 is 1.89 bits per heavy atom. The first-order valence-corrected chi connectivity index (χ1v) is 15.9. The number of Topliss-reactive ketones (excluding diaryl/α,β-unsaturated/α-hetero) is 2. The molecular formula is C35H49NO10. The fourth-order valence-electron chi connectivity index (χ4n) is 6.66. The molecule has 1 aromatic carbocycles. The summed E-state index contributed by atoms with van der Waals surface area (Å²) in [5, 5.41) is 76.9. The second-order valence-corrected chi connectivity index (χ2v) is 13.6. The molecule has 4 rings (SSSR count). The van der Waals surface area contributed by atoms with Gasteiger partial charge in [0.1, 0.15) is 16.9 Å². The van der Waals surface area contributed by atoms with Crippen molar-refractivity contribution in [3.05, 3.63) is 46.0 Å². The zero-order valence-electron chi connectivity index (χ0n) is 27.7. The number of rotatable bonds is 0. The van der Waals surface area contributed by atoms with E-state index in [1.165, 1.54) is 19.9 Å². The Hall–Kier alpha value is -3.22. The van der Waals surface area contributed by atoms with Gasteiger partial charge in [-0.15, -0.1) is 0 Å². The van der Waals surface area contributed by atoms with Crippen LogP contribution in [0, 0.1) is 41.4 Å². The van der Waals surface area contributed by atoms with E-state index in [1.807, 2.05) is 0 Å². The van der Waals surface area contributed by atoms with Crippen LogP contribution >= 0.6 is 0 Å². The third-order valence-corrected chi connectivity index (χ3v) is 10.1. The van der Waals surface area contributed by atoms with E-state index in [0.29, 0.717) is 0 Å². The highest BCUT2D eigenvalue weighted by atomic mass is 16.3. The van der Waals surface area contributed by atoms with E-state index in [4.69, 9.17) is 0 Å². The summed E-state index contributed by atoms with van der Waals surface area (Å²) in [6.45, 7) is 12.8. The Kier molecular flexibility index (Phi) is 11.9. The van der Waals surface area contributed by atoms with E-state index < -0.39 is 106 Å². The van der Waals surface area contributed by atoms with Gasteiger partial charge in [-0.2, -0.15) is 0 Å². The summed E-state index contributed by atoms with van der Waals surface area (Å²) >= 11 is 0. The van der Waals surface area contributed by atoms with Crippen molar-refractivity contribution >= 4 is 23.0 Å². The summed E-state index contributed by atoms with van der Waals surface area (Å²) in [4.78, 5) is 44.1. The fraction of sp³-hybridized carbons (Fsp3) is 0.600. The monoisotopic (exact) mass is 643 g/mol. The summed E-state index contributed by atoms with van der Waals surface area (Å²) in [5.41, 5.74) is -0.554. The van der Waals surface area contributed by atoms with Gasteiger partial charge >= 0.3 is 0 Å². The average Bonchev–Trinajstić information content (AvgIpc) is 3.02. The van der Waals surface area contributed by atoms with Crippen LogP contribution in [-0.2, 0) is 14.4 Å². The van der Waals surface area contributed by atoms with Crippen LogP contribution in [0.15, 0.2) is 34.9 Å². The predicted octanol–water partition coefficient (Wildman–Crippen LogP) is 1.38. The summed E-state index contributed by atoms with van der Waals surface area (Å²) in [6, 6.07) is 0.959. The number of carbonyl (C=O) groups is 3. The topological polar surface area (TPSA) is 205 Å². The van der Waals surface area contributed by atoms with Crippen molar-refractivity contribution in [3.8, 4) is 11.5 Å². The molecule has 0 spiro atoms. The summed E-state index contributed by atoms with van der Waals surface area (Å²) < 4.78 is 0. The van der Waals surface area contributed by atoms with Crippen LogP contribution in [0.1, 0.15) is 73.5 Å². The quantitative estimate of drug-likeness (QED) is 0.202. The number of aromatic hydroxyl groups is 2. The standard InChI is InChI=1S/C35H49NO10/c1-14-10-9-11-15(2)35(46)36-22-13-23(37)24-25(32(43)21(8)33(44)26(24)34(22)45)29(40)17(4)12-16(3)28(39)19(6)31(42)20(7)30(41)18(5)27(14)38/h9-11,13-14,16-21,27-28,30-31,33,37-39,41-42,44-45H,12H2,1-8H3/b10-9+,15-11-,36-22?/t14-,16?,17?,18+,19+,20+,21?,27?,28-,30+,31+,33?/m0/s1. The maximum absolute atomic E-state index is 13.8. The second kappa shape index (κ2) is 14.7. The number of carbonyl (C=O) groups excluding carboxylic acids is 3. The van der Waals surface area contributed by atoms with Gasteiger partial charge in [-0.05, 0) is 19.3 Å². The molecule has 0 aromatic heterocycles. The maximum Gasteiger partial charge on any atom is 0.273 e. The molecule has 0 saturated heterocycles. The third-order valence-electron chi connectivity index (χ3n) is 10.1. The van der Waals surface area contributed by atoms with Crippen LogP contribution in [0.5, 0.6) is 11.5 Å². The number of amides is 1. The van der Waals surface area contributed by atoms with E-state index in [-0.39, 0.29) is 28.1 Å². The molecule has 4 bridgehead atoms. The van der Waals surface area contributed by atoms with Gasteiger partial charge in [-0.1, -0.05) is 66.7 Å². The van der Waals surface area contributed by atoms with E-state index in [9.17, 15) is 50.1 Å². The lowest BCUT2D eigenvalue weighted by atomic mass is 9.74. The van der Waals surface area contributed by atoms with Crippen molar-refractivity contribution in [1.29, 1.82) is 0 Å². The third kappa shape index (κ3) is 7.18. The molecule has 7 N–H and O–H groups in total. The number of phenols is 2. The molecule has 2 aliphatic heterocycles. The van der Waals surface area contributed by atoms with E-state index in [0.717, 1.165) is 6.07 Å². The lowest BCUT2D eigenvalue weighted by Crippen LogP contribution is -2.46. The number of aliphatic hydroxyl groups excluding tert-OH is 5. The van der Waals surface area contributed by atoms with Gasteiger partial charge in [-0.3, -0.25) is 14.4 Å². The first kappa shape index (κ1) is 37.2. The smallest absolute Gasteiger partial charge is 0.273 e. The Labute approximate surface area is 269 Å². The lowest BCUT2D eigenvalue weighted by Gasteiger charge is -2.37. The molecule has 11 heteroatoms. The van der Waals surface area contributed by atoms with Crippen molar-refractivity contribution in [2.75, 3.05) is 0 Å². The Bertz CT molecular complexity index is 1530. The Morgan fingerprint density at radius 2 is 1.30 bits per heavy atom. The van der Waals surface area contributed by atoms with Gasteiger partial charge in [0.25, 0.3) is 5.91 Å². The van der Waals surface area contributed by atoms with E-state index >= 15 is 0 Å². The van der Waals surface area contributed by atoms with Crippen LogP contribution in [0.4, 0.5) is 0 Å². The highest BCUT2D eigenvalue weighted by Crippen LogP contribution is 2.35. The molecule has 3 aliphatic rings. The van der Waals surface area contributed by atoms with Gasteiger partial charge in [-0.25, -0.2) is 4.99 Å². The predicted molar refractivity (Wildman–Crippen MR) is 170 cm³/mol. The molecule has 11 nitrogen and oxygen atoms in total. The number of ketones is 2. The van der Waals surface area contributed by atoms with Gasteiger partial charge in [0, 0.05) is 52.0 Å². The average molecular weight is 644 g/mol. The molecule has 46 heavy (non-hydrogen) atoms. The molecule has 1 aromatic rings. The normalized spacial score (nSPS) is 39.0. The van der Waals surface area contributed by atoms with Crippen molar-refractivity contribution < 1.29 is 50.1 Å². The highest BCUT2D eigenvalue weighted by molar-refractivity contribution is 6.42. The van der Waals surface area contributed by atoms with Gasteiger partial charge < -0.3 is 35.7 Å². The number of aliphatic hydroxyl groups is 5. The number of fused-ring (bicyclic) bond motifs is 16. The molecule has 254 valence electrons. The molecule has 1 amide bonds. The second-order valence-electron chi connectivity index (χ2n) is 13.6. The number of phenolic OH excluding ortho intramolecular Hbond substituents is 2. The van der Waals surface area contributed by atoms with E-state index in [2.05, 4.69) is 4.99 Å². The summed E-state index contributed by atoms with van der Waals surface area (Å²) in [5.74, 6) is -8.65. The number of benzene rings is 1. The Balaban J connectivity index is 2.24. The van der Waals surface area contributed by atoms with Crippen molar-refractivity contribution in [2.24, 2.45) is 46.4 Å². The van der Waals surface area contributed by atoms with Crippen LogP contribution in [0.25, 0.3) is 5.57 Å². The molecule has 5 unspecified atom stereocenters. The molecule has 1 aliphatic carbocycles. The molecule has 2 heterocycles. The van der Waals surface area contributed by atoms with Gasteiger partial charge in [0.2, 0.25) is 0 Å². The molecule has 0 fully saturated rings. The van der Waals surface area contributed by atoms with Crippen molar-refractivity contribution in [1.82, 2.24) is 0 Å². The van der Waals surface area contributed by atoms with E-state index in [1.54, 1.807) is 53.7 Å². The summed E-state index contributed by atoms with van der Waals surface area (Å²) in [7, 11) is 0. The molecular weight excluding hydrogens is 594 g/mol. The largest absolute Gasteiger partial charge is 0.507 e. The first-order valence-electron chi connectivity index (χ1n) is 15.9. The number of hydrogen-bond acceptors (Lipinski definition) is 10. The molecule has 12 atom stereocenters. The zero-order chi connectivity index (χ0) is 34.9. The molecule has 0 radical (unpaired) electrons. The van der Waals surface area contributed by atoms with Crippen molar-refractivity contribution in [3.63, 3.8) is 0 Å². The zero-order valence-corrected chi connectivity index (χ0v) is 27.7. The summed E-state index contributed by atoms with van der Waals surface area (Å²) in [6.07, 6.45) is -1.33. The highest BCUT2D eigenvalue weighted by Gasteiger charge is 2.41. The first-order chi connectivity index (χ1) is 21.3. The SMILES string of the molecule is C/C1=C/C=C/[C@H](C)C(O)[C@@H](C)[C@@H](O)[C@@H](C)[C@H](O)[C@H](C)[C@@H](O)C(C)CC(C)C(=O)C2=c3c(O)cc(c(O)c3C(O)C(C)C2=O)=NC1=O. The molecule has 0 saturated carbocycles. The van der Waals surface area contributed by atoms with Crippen LogP contribution in [0.3, 0.4) is 0 Å². The number of allylic oxidation sites excluding steroid dienone is 2. The van der Waals surface area contributed by atoms with Crippen LogP contribution in [0.2, 0.25) is 0 Å². The minimum Gasteiger partial charge on any atom is -0.507 e. The fourth-order valence-corrected chi connectivity index (χ4v) is 6.66. The maximum atomic E-state index is 13.8. The minimum atomic E-state index is -1.60.